The van der Waals surface area contributed by atoms with E-state index in [1.165, 1.54) is 12.3 Å². The van der Waals surface area contributed by atoms with Gasteiger partial charge in [0.25, 0.3) is 5.69 Å². The van der Waals surface area contributed by atoms with Gasteiger partial charge in [-0.2, -0.15) is 0 Å². The molecule has 1 aromatic rings. The Balaban J connectivity index is 1.82. The Kier molecular flexibility index (Phi) is 4.14. The van der Waals surface area contributed by atoms with Crippen LogP contribution in [0.4, 0.5) is 5.69 Å². The van der Waals surface area contributed by atoms with E-state index in [1.54, 1.807) is 11.9 Å². The molecule has 0 bridgehead atoms. The molecule has 1 aliphatic rings. The number of nitrogens with zero attached hydrogens (tertiary/aromatic N) is 2. The van der Waals surface area contributed by atoms with Gasteiger partial charge >= 0.3 is 0 Å². The highest BCUT2D eigenvalue weighted by atomic mass is 16.6. The number of nitrogens with one attached hydrogen (secondary N) is 2. The second-order valence-electron chi connectivity index (χ2n) is 4.97. The highest BCUT2D eigenvalue weighted by Gasteiger charge is 2.24. The predicted molar refractivity (Wildman–Crippen MR) is 70.4 cm³/mol. The molecule has 2 N–H and O–H groups in total. The molecule has 0 aliphatic heterocycles. The van der Waals surface area contributed by atoms with Gasteiger partial charge < -0.3 is 10.3 Å². The molecule has 20 heavy (non-hydrogen) atoms. The predicted octanol–water partition coefficient (Wildman–Crippen LogP) is 0.316. The van der Waals surface area contributed by atoms with E-state index in [4.69, 9.17) is 0 Å². The molecule has 108 valence electrons. The summed E-state index contributed by atoms with van der Waals surface area (Å²) in [5.74, 6) is -0.403. The van der Waals surface area contributed by atoms with Gasteiger partial charge in [0.2, 0.25) is 5.91 Å². The van der Waals surface area contributed by atoms with Gasteiger partial charge in [-0.3, -0.25) is 24.6 Å². The molecule has 0 aromatic carbocycles. The summed E-state index contributed by atoms with van der Waals surface area (Å²) < 4.78 is 0. The number of carbonyl (C=O) groups is 2. The lowest BCUT2D eigenvalue weighted by Gasteiger charge is -2.14. The molecule has 1 heterocycles. The van der Waals surface area contributed by atoms with Crippen molar-refractivity contribution in [3.05, 3.63) is 28.1 Å². The molecular formula is C12H16N4O4. The van der Waals surface area contributed by atoms with Crippen molar-refractivity contribution in [2.75, 3.05) is 20.1 Å². The first-order valence-electron chi connectivity index (χ1n) is 6.29. The molecule has 1 amide bonds. The Morgan fingerprint density at radius 3 is 2.75 bits per heavy atom. The molecule has 0 radical (unpaired) electrons. The van der Waals surface area contributed by atoms with Crippen LogP contribution in [0.15, 0.2) is 12.3 Å². The van der Waals surface area contributed by atoms with Crippen molar-refractivity contribution in [1.29, 1.82) is 0 Å². The third kappa shape index (κ3) is 3.89. The number of hydrogen-bond acceptors (Lipinski definition) is 5. The normalized spacial score (nSPS) is 14.3. The van der Waals surface area contributed by atoms with E-state index in [1.807, 2.05) is 0 Å². The van der Waals surface area contributed by atoms with Crippen molar-refractivity contribution in [2.24, 2.45) is 0 Å². The first-order chi connectivity index (χ1) is 9.45. The van der Waals surface area contributed by atoms with Crippen LogP contribution >= 0.6 is 0 Å². The van der Waals surface area contributed by atoms with Crippen LogP contribution in [0, 0.1) is 10.1 Å². The van der Waals surface area contributed by atoms with Gasteiger partial charge in [-0.15, -0.1) is 0 Å². The summed E-state index contributed by atoms with van der Waals surface area (Å²) in [5.41, 5.74) is 0.0219. The lowest BCUT2D eigenvalue weighted by atomic mass is 10.2. The number of Topliss-reactive ketones (excluding diaryl/α,β-unsaturated/α-hetero) is 1. The molecule has 1 saturated carbocycles. The summed E-state index contributed by atoms with van der Waals surface area (Å²) >= 11 is 0. The number of ketones is 1. The van der Waals surface area contributed by atoms with Crippen molar-refractivity contribution >= 4 is 17.4 Å². The summed E-state index contributed by atoms with van der Waals surface area (Å²) in [6.07, 6.45) is 3.20. The van der Waals surface area contributed by atoms with Crippen LogP contribution in [-0.4, -0.2) is 52.7 Å². The van der Waals surface area contributed by atoms with Crippen molar-refractivity contribution < 1.29 is 14.5 Å². The van der Waals surface area contributed by atoms with Gasteiger partial charge in [-0.05, 0) is 19.9 Å². The molecule has 1 aromatic heterocycles. The fourth-order valence-electron chi connectivity index (χ4n) is 1.78. The van der Waals surface area contributed by atoms with Gasteiger partial charge in [0.15, 0.2) is 5.78 Å². The molecule has 0 spiro atoms. The molecule has 0 saturated heterocycles. The summed E-state index contributed by atoms with van der Waals surface area (Å²) in [6, 6.07) is 1.48. The lowest BCUT2D eigenvalue weighted by molar-refractivity contribution is -0.384. The number of likely N-dealkylation sites (N-methyl/N-ethyl adjacent to an activating group) is 1. The van der Waals surface area contributed by atoms with Gasteiger partial charge in [-0.25, -0.2) is 0 Å². The number of carbonyl (C=O) groups excluding carboxylic acids is 2. The SMILES string of the molecule is CN(CC(=O)NC1CC1)CC(=O)c1cc([N+](=O)[O-])c[nH]1. The monoisotopic (exact) mass is 280 g/mol. The summed E-state index contributed by atoms with van der Waals surface area (Å²) in [5, 5.41) is 13.4. The zero-order chi connectivity index (χ0) is 14.7. The van der Waals surface area contributed by atoms with E-state index in [0.29, 0.717) is 0 Å². The van der Waals surface area contributed by atoms with E-state index >= 15 is 0 Å². The van der Waals surface area contributed by atoms with Crippen LogP contribution in [0.2, 0.25) is 0 Å². The number of rotatable bonds is 7. The van der Waals surface area contributed by atoms with Crippen molar-refractivity contribution in [1.82, 2.24) is 15.2 Å². The Morgan fingerprint density at radius 2 is 2.20 bits per heavy atom. The molecule has 0 unspecified atom stereocenters. The van der Waals surface area contributed by atoms with Crippen LogP contribution in [0.1, 0.15) is 23.3 Å². The van der Waals surface area contributed by atoms with Gasteiger partial charge in [0.1, 0.15) is 0 Å². The fourth-order valence-corrected chi connectivity index (χ4v) is 1.78. The van der Waals surface area contributed by atoms with Crippen molar-refractivity contribution in [2.45, 2.75) is 18.9 Å². The minimum Gasteiger partial charge on any atom is -0.353 e. The number of hydrogen-bond donors (Lipinski definition) is 2. The topological polar surface area (TPSA) is 108 Å². The molecule has 8 nitrogen and oxygen atoms in total. The minimum atomic E-state index is -0.569. The number of aromatic nitrogens is 1. The number of amides is 1. The average molecular weight is 280 g/mol. The number of aromatic amines is 1. The Bertz CT molecular complexity index is 535. The average Bonchev–Trinajstić information content (AvgIpc) is 3.01. The molecule has 1 fully saturated rings. The highest BCUT2D eigenvalue weighted by Crippen LogP contribution is 2.18. The summed E-state index contributed by atoms with van der Waals surface area (Å²) in [6.45, 7) is 0.154. The first-order valence-corrected chi connectivity index (χ1v) is 6.29. The van der Waals surface area contributed by atoms with Crippen LogP contribution in [0.25, 0.3) is 0 Å². The Hall–Kier alpha value is -2.22. The highest BCUT2D eigenvalue weighted by molar-refractivity contribution is 5.96. The van der Waals surface area contributed by atoms with E-state index in [0.717, 1.165) is 12.8 Å². The number of nitro groups is 1. The standard InChI is InChI=1S/C12H16N4O4/c1-15(7-12(18)14-8-2-3-8)6-11(17)10-4-9(5-13-10)16(19)20/h4-5,8,13H,2-3,6-7H2,1H3,(H,14,18). The minimum absolute atomic E-state index is 0.0236. The van der Waals surface area contributed by atoms with E-state index in [-0.39, 0.29) is 42.2 Å². The smallest absolute Gasteiger partial charge is 0.287 e. The second kappa shape index (κ2) is 5.83. The van der Waals surface area contributed by atoms with Crippen LogP contribution in [0.5, 0.6) is 0 Å². The lowest BCUT2D eigenvalue weighted by Crippen LogP contribution is -2.38. The van der Waals surface area contributed by atoms with E-state index in [9.17, 15) is 19.7 Å². The first kappa shape index (κ1) is 14.2. The van der Waals surface area contributed by atoms with Crippen molar-refractivity contribution in [3.63, 3.8) is 0 Å². The largest absolute Gasteiger partial charge is 0.353 e. The van der Waals surface area contributed by atoms with E-state index in [2.05, 4.69) is 10.3 Å². The second-order valence-corrected chi connectivity index (χ2v) is 4.97. The van der Waals surface area contributed by atoms with Crippen LogP contribution in [-0.2, 0) is 4.79 Å². The molecule has 1 aliphatic carbocycles. The molecule has 0 atom stereocenters. The third-order valence-electron chi connectivity index (χ3n) is 2.95. The zero-order valence-electron chi connectivity index (χ0n) is 11.1. The Labute approximate surface area is 115 Å². The zero-order valence-corrected chi connectivity index (χ0v) is 11.1. The van der Waals surface area contributed by atoms with Gasteiger partial charge in [0.05, 0.1) is 29.9 Å². The molecular weight excluding hydrogens is 264 g/mol. The van der Waals surface area contributed by atoms with Crippen molar-refractivity contribution in [3.8, 4) is 0 Å². The molecule has 2 rings (SSSR count). The molecule has 8 heteroatoms. The summed E-state index contributed by atoms with van der Waals surface area (Å²) in [7, 11) is 1.65. The van der Waals surface area contributed by atoms with Crippen LogP contribution in [0.3, 0.4) is 0 Å². The summed E-state index contributed by atoms with van der Waals surface area (Å²) in [4.78, 5) is 37.5. The van der Waals surface area contributed by atoms with E-state index < -0.39 is 4.92 Å². The maximum atomic E-state index is 11.9. The Morgan fingerprint density at radius 1 is 1.50 bits per heavy atom. The van der Waals surface area contributed by atoms with Gasteiger partial charge in [0, 0.05) is 12.1 Å². The van der Waals surface area contributed by atoms with Gasteiger partial charge in [-0.1, -0.05) is 0 Å². The maximum Gasteiger partial charge on any atom is 0.287 e. The van der Waals surface area contributed by atoms with Crippen LogP contribution < -0.4 is 5.32 Å². The maximum absolute atomic E-state index is 11.9. The fraction of sp³-hybridized carbons (Fsp3) is 0.500. The quantitative estimate of drug-likeness (QED) is 0.424. The number of H-pyrrole nitrogens is 1. The third-order valence-corrected chi connectivity index (χ3v) is 2.95.